The molecule has 0 fully saturated rings. The molecule has 7 rings (SSSR count). The van der Waals surface area contributed by atoms with Crippen LogP contribution in [-0.2, 0) is 0 Å². The third kappa shape index (κ3) is 1.32. The topological polar surface area (TPSA) is 24.8 Å². The van der Waals surface area contributed by atoms with Crippen molar-refractivity contribution in [1.29, 1.82) is 0 Å². The van der Waals surface area contributed by atoms with E-state index >= 15 is 0 Å². The first-order valence-corrected chi connectivity index (χ1v) is 11.1. The number of nitrogens with zero attached hydrogens (tertiary/aromatic N) is 2. The van der Waals surface area contributed by atoms with E-state index in [1.165, 1.54) is 33.1 Å². The molecule has 0 atom stereocenters. The third-order valence-electron chi connectivity index (χ3n) is 6.28. The van der Waals surface area contributed by atoms with Crippen LogP contribution in [0.4, 0.5) is 0 Å². The summed E-state index contributed by atoms with van der Waals surface area (Å²) in [7, 11) is -2.56. The number of rotatable bonds is 0. The second-order valence-corrected chi connectivity index (χ2v) is 10.7. The molecule has 0 saturated carbocycles. The van der Waals surface area contributed by atoms with Gasteiger partial charge in [-0.3, -0.25) is 0 Å². The molecule has 126 valence electrons. The van der Waals surface area contributed by atoms with E-state index in [1.54, 1.807) is 0 Å². The zero-order valence-electron chi connectivity index (χ0n) is 14.4. The van der Waals surface area contributed by atoms with Gasteiger partial charge in [-0.05, 0) is 0 Å². The first-order chi connectivity index (χ1) is 13.3. The standard InChI is InChI=1S/C23H15N2OP/c26-21-17-9-5-7-15-19-11-1-3-13-24(19)27(22(15)17)23-16(8-6-10-18(21)23)20-12-2-4-14-25(20)27/h1-14,27H/q+2. The van der Waals surface area contributed by atoms with Crippen molar-refractivity contribution in [1.82, 2.24) is 0 Å². The molecule has 0 N–H and O–H groups in total. The molecule has 0 radical (unpaired) electrons. The zero-order valence-corrected chi connectivity index (χ0v) is 15.4. The van der Waals surface area contributed by atoms with Crippen LogP contribution in [0, 0.1) is 0 Å². The number of carbonyl (C=O) groups is 1. The Morgan fingerprint density at radius 2 is 1.04 bits per heavy atom. The molecule has 0 saturated heterocycles. The molecule has 0 aliphatic carbocycles. The number of hydrogen-bond acceptors (Lipinski definition) is 1. The molecule has 0 bridgehead atoms. The molecule has 4 aromatic rings. The first-order valence-electron chi connectivity index (χ1n) is 9.18. The van der Waals surface area contributed by atoms with E-state index in [1.807, 2.05) is 24.3 Å². The summed E-state index contributed by atoms with van der Waals surface area (Å²) in [5.74, 6) is 0.161. The van der Waals surface area contributed by atoms with Gasteiger partial charge in [-0.25, -0.2) is 0 Å². The molecular formula is C23H15N2OP+2. The molecule has 5 heterocycles. The molecule has 1 spiro atoms. The van der Waals surface area contributed by atoms with Crippen molar-refractivity contribution in [3.8, 4) is 22.5 Å². The van der Waals surface area contributed by atoms with Crippen LogP contribution < -0.4 is 19.3 Å². The zero-order chi connectivity index (χ0) is 17.8. The summed E-state index contributed by atoms with van der Waals surface area (Å²) in [6.07, 6.45) is 4.41. The quantitative estimate of drug-likeness (QED) is 0.378. The number of fused-ring (bicyclic) bond motifs is 4. The van der Waals surface area contributed by atoms with Crippen molar-refractivity contribution in [2.45, 2.75) is 0 Å². The normalized spacial score (nSPS) is 17.0. The van der Waals surface area contributed by atoms with Gasteiger partial charge in [0.15, 0.2) is 0 Å². The van der Waals surface area contributed by atoms with Gasteiger partial charge in [0.1, 0.15) is 0 Å². The minimum atomic E-state index is -2.56. The Bertz CT molecular complexity index is 1260. The first kappa shape index (κ1) is 14.0. The summed E-state index contributed by atoms with van der Waals surface area (Å²) in [6, 6.07) is 25.2. The minimum absolute atomic E-state index is 0.161. The predicted molar refractivity (Wildman–Crippen MR) is 106 cm³/mol. The van der Waals surface area contributed by atoms with Crippen LogP contribution in [-0.4, -0.2) is 5.78 Å². The maximum absolute atomic E-state index is 13.5. The fourth-order valence-corrected chi connectivity index (χ4v) is 10.9. The Kier molecular flexibility index (Phi) is 2.27. The van der Waals surface area contributed by atoms with Crippen molar-refractivity contribution in [2.24, 2.45) is 0 Å². The van der Waals surface area contributed by atoms with Crippen molar-refractivity contribution >= 4 is 24.0 Å². The van der Waals surface area contributed by atoms with Gasteiger partial charge in [0.05, 0.1) is 0 Å². The molecule has 3 aliphatic rings. The second-order valence-electron chi connectivity index (χ2n) is 7.37. The van der Waals surface area contributed by atoms with E-state index in [0.29, 0.717) is 0 Å². The molecule has 0 amide bonds. The average Bonchev–Trinajstić information content (AvgIpc) is 3.20. The third-order valence-corrected chi connectivity index (χ3v) is 10.9. The average molecular weight is 366 g/mol. The van der Waals surface area contributed by atoms with Crippen LogP contribution in [0.5, 0.6) is 0 Å². The number of pyridine rings is 2. The fraction of sp³-hybridized carbons (Fsp3) is 0. The van der Waals surface area contributed by atoms with Crippen LogP contribution >= 0.6 is 7.56 Å². The van der Waals surface area contributed by atoms with Gasteiger partial charge in [-0.2, -0.15) is 0 Å². The Morgan fingerprint density at radius 3 is 1.56 bits per heavy atom. The van der Waals surface area contributed by atoms with Crippen molar-refractivity contribution in [3.05, 3.63) is 96.3 Å². The van der Waals surface area contributed by atoms with Crippen LogP contribution in [0.15, 0.2) is 85.2 Å². The van der Waals surface area contributed by atoms with E-state index in [-0.39, 0.29) is 5.78 Å². The maximum atomic E-state index is 13.5. The van der Waals surface area contributed by atoms with Gasteiger partial charge >= 0.3 is 156 Å². The van der Waals surface area contributed by atoms with Crippen LogP contribution in [0.1, 0.15) is 15.9 Å². The van der Waals surface area contributed by atoms with Crippen LogP contribution in [0.25, 0.3) is 22.5 Å². The molecule has 2 aromatic heterocycles. The molecule has 27 heavy (non-hydrogen) atoms. The molecule has 3 aliphatic heterocycles. The summed E-state index contributed by atoms with van der Waals surface area (Å²) >= 11 is 0. The van der Waals surface area contributed by atoms with E-state index in [4.69, 9.17) is 0 Å². The molecule has 4 heteroatoms. The van der Waals surface area contributed by atoms with Gasteiger partial charge in [0.2, 0.25) is 0 Å². The number of hydrogen-bond donors (Lipinski definition) is 0. The summed E-state index contributed by atoms with van der Waals surface area (Å²) < 4.78 is 4.96. The number of benzene rings is 2. The number of ketones is 1. The van der Waals surface area contributed by atoms with E-state index < -0.39 is 7.56 Å². The van der Waals surface area contributed by atoms with E-state index in [9.17, 15) is 4.79 Å². The summed E-state index contributed by atoms with van der Waals surface area (Å²) in [5, 5.41) is 2.49. The number of carbonyl (C=O) groups excluding carboxylic acids is 1. The van der Waals surface area contributed by atoms with Gasteiger partial charge in [-0.15, -0.1) is 0 Å². The van der Waals surface area contributed by atoms with Gasteiger partial charge in [0.25, 0.3) is 0 Å². The predicted octanol–water partition coefficient (Wildman–Crippen LogP) is 2.39. The SMILES string of the molecule is O=C1c2cccc3c2[PH]2(c4c1cccc4-c1cccc[n+]12)[n+]1ccccc1-3. The molecule has 0 unspecified atom stereocenters. The van der Waals surface area contributed by atoms with Gasteiger partial charge in [-0.1, -0.05) is 0 Å². The van der Waals surface area contributed by atoms with Crippen molar-refractivity contribution in [2.75, 3.05) is 0 Å². The van der Waals surface area contributed by atoms with Gasteiger partial charge in [0, 0.05) is 0 Å². The van der Waals surface area contributed by atoms with Crippen LogP contribution in [0.2, 0.25) is 0 Å². The summed E-state index contributed by atoms with van der Waals surface area (Å²) in [5.41, 5.74) is 6.57. The van der Waals surface area contributed by atoms with Crippen molar-refractivity contribution < 1.29 is 13.5 Å². The Labute approximate surface area is 156 Å². The Morgan fingerprint density at radius 1 is 0.556 bits per heavy atom. The second kappa shape index (κ2) is 4.39. The van der Waals surface area contributed by atoms with Crippen molar-refractivity contribution in [3.63, 3.8) is 0 Å². The summed E-state index contributed by atoms with van der Waals surface area (Å²) in [4.78, 5) is 13.5. The fourth-order valence-electron chi connectivity index (χ4n) is 5.42. The monoisotopic (exact) mass is 366 g/mol. The van der Waals surface area contributed by atoms with E-state index in [0.717, 1.165) is 11.1 Å². The van der Waals surface area contributed by atoms with Crippen LogP contribution in [0.3, 0.4) is 0 Å². The Balaban J connectivity index is 1.84. The van der Waals surface area contributed by atoms with E-state index in [2.05, 4.69) is 69.6 Å². The van der Waals surface area contributed by atoms with Gasteiger partial charge < -0.3 is 0 Å². The summed E-state index contributed by atoms with van der Waals surface area (Å²) in [6.45, 7) is 0. The Hall–Kier alpha value is -3.16. The molecular weight excluding hydrogens is 351 g/mol. The molecule has 3 nitrogen and oxygen atoms in total. The number of aromatic nitrogens is 2. The molecule has 2 aromatic carbocycles.